The highest BCUT2D eigenvalue weighted by Crippen LogP contribution is 2.41. The molecule has 1 aromatic heterocycles. The Morgan fingerprint density at radius 3 is 2.31 bits per heavy atom. The second-order valence-electron chi connectivity index (χ2n) is 7.81. The predicted molar refractivity (Wildman–Crippen MR) is 122 cm³/mol. The van der Waals surface area contributed by atoms with Crippen molar-refractivity contribution in [2.24, 2.45) is 0 Å². The van der Waals surface area contributed by atoms with Gasteiger partial charge in [0.25, 0.3) is 0 Å². The second kappa shape index (κ2) is 8.85. The molecule has 4 aromatic rings. The highest BCUT2D eigenvalue weighted by molar-refractivity contribution is 5.52. The van der Waals surface area contributed by atoms with Crippen molar-refractivity contribution in [1.29, 1.82) is 0 Å². The van der Waals surface area contributed by atoms with Crippen molar-refractivity contribution in [3.05, 3.63) is 95.4 Å². The van der Waals surface area contributed by atoms with Crippen LogP contribution in [0.3, 0.4) is 0 Å². The van der Waals surface area contributed by atoms with Crippen LogP contribution < -0.4 is 9.47 Å². The number of ether oxygens (including phenoxy) is 2. The zero-order valence-corrected chi connectivity index (χ0v) is 18.2. The number of fused-ring (bicyclic) bond motifs is 1. The first kappa shape index (κ1) is 20.3. The van der Waals surface area contributed by atoms with E-state index in [1.165, 1.54) is 16.7 Å². The third-order valence-electron chi connectivity index (χ3n) is 5.91. The lowest BCUT2D eigenvalue weighted by molar-refractivity contribution is 0.185. The molecule has 162 valence electrons. The molecule has 0 amide bonds. The van der Waals surface area contributed by atoms with Gasteiger partial charge in [-0.05, 0) is 47.4 Å². The van der Waals surface area contributed by atoms with E-state index in [0.29, 0.717) is 18.3 Å². The van der Waals surface area contributed by atoms with Crippen molar-refractivity contribution in [2.75, 3.05) is 20.8 Å². The standard InChI is InChI=1S/C26H25N3O3/c1-30-22-15-20-13-14-29(17-24-27-28-26(32-24)19-11-7-4-8-12-19)25(18-9-5-3-6-10-18)21(20)16-23(22)31-2/h3-12,15-16,25H,13-14,17H2,1-2H3. The van der Waals surface area contributed by atoms with Gasteiger partial charge in [0.1, 0.15) is 0 Å². The third kappa shape index (κ3) is 3.85. The first-order chi connectivity index (χ1) is 15.8. The van der Waals surface area contributed by atoms with E-state index in [4.69, 9.17) is 13.9 Å². The number of hydrogen-bond acceptors (Lipinski definition) is 6. The lowest BCUT2D eigenvalue weighted by Crippen LogP contribution is -2.35. The Labute approximate surface area is 187 Å². The number of hydrogen-bond donors (Lipinski definition) is 0. The van der Waals surface area contributed by atoms with Crippen LogP contribution in [0.15, 0.2) is 77.2 Å². The van der Waals surface area contributed by atoms with E-state index < -0.39 is 0 Å². The maximum atomic E-state index is 6.02. The second-order valence-corrected chi connectivity index (χ2v) is 7.81. The van der Waals surface area contributed by atoms with Gasteiger partial charge in [0, 0.05) is 12.1 Å². The maximum absolute atomic E-state index is 6.02. The Balaban J connectivity index is 1.51. The van der Waals surface area contributed by atoms with Crippen LogP contribution in [-0.4, -0.2) is 35.9 Å². The molecule has 1 atom stereocenters. The summed E-state index contributed by atoms with van der Waals surface area (Å²) in [5.41, 5.74) is 4.61. The van der Waals surface area contributed by atoms with Crippen molar-refractivity contribution in [1.82, 2.24) is 15.1 Å². The summed E-state index contributed by atoms with van der Waals surface area (Å²) in [5, 5.41) is 8.59. The van der Waals surface area contributed by atoms with Crippen LogP contribution in [0.4, 0.5) is 0 Å². The monoisotopic (exact) mass is 427 g/mol. The van der Waals surface area contributed by atoms with Gasteiger partial charge in [-0.1, -0.05) is 48.5 Å². The van der Waals surface area contributed by atoms with Crippen LogP contribution in [-0.2, 0) is 13.0 Å². The zero-order valence-electron chi connectivity index (χ0n) is 18.2. The lowest BCUT2D eigenvalue weighted by atomic mass is 9.87. The highest BCUT2D eigenvalue weighted by atomic mass is 16.5. The fraction of sp³-hybridized carbons (Fsp3) is 0.231. The van der Waals surface area contributed by atoms with Gasteiger partial charge < -0.3 is 13.9 Å². The first-order valence-corrected chi connectivity index (χ1v) is 10.7. The Hall–Kier alpha value is -3.64. The lowest BCUT2D eigenvalue weighted by Gasteiger charge is -2.37. The van der Waals surface area contributed by atoms with E-state index in [1.807, 2.05) is 36.4 Å². The molecule has 1 aliphatic rings. The fourth-order valence-corrected chi connectivity index (χ4v) is 4.38. The summed E-state index contributed by atoms with van der Waals surface area (Å²) >= 11 is 0. The molecule has 0 saturated carbocycles. The fourth-order valence-electron chi connectivity index (χ4n) is 4.38. The third-order valence-corrected chi connectivity index (χ3v) is 5.91. The molecule has 1 unspecified atom stereocenters. The molecule has 0 aliphatic carbocycles. The van der Waals surface area contributed by atoms with E-state index in [1.54, 1.807) is 14.2 Å². The highest BCUT2D eigenvalue weighted by Gasteiger charge is 2.31. The molecule has 6 heteroatoms. The van der Waals surface area contributed by atoms with Crippen LogP contribution in [0.2, 0.25) is 0 Å². The Morgan fingerprint density at radius 2 is 1.59 bits per heavy atom. The maximum Gasteiger partial charge on any atom is 0.247 e. The van der Waals surface area contributed by atoms with Crippen molar-refractivity contribution >= 4 is 0 Å². The number of rotatable bonds is 6. The summed E-state index contributed by atoms with van der Waals surface area (Å²) in [6.45, 7) is 1.43. The van der Waals surface area contributed by atoms with Crippen LogP contribution in [0, 0.1) is 0 Å². The summed E-state index contributed by atoms with van der Waals surface area (Å²) in [5.74, 6) is 2.64. The minimum atomic E-state index is 0.0480. The molecular weight excluding hydrogens is 402 g/mol. The minimum absolute atomic E-state index is 0.0480. The van der Waals surface area contributed by atoms with Crippen molar-refractivity contribution in [2.45, 2.75) is 19.0 Å². The summed E-state index contributed by atoms with van der Waals surface area (Å²) in [6.07, 6.45) is 0.901. The topological polar surface area (TPSA) is 60.6 Å². The number of methoxy groups -OCH3 is 2. The average Bonchev–Trinajstić information content (AvgIpc) is 3.32. The van der Waals surface area contributed by atoms with Gasteiger partial charge in [0.05, 0.1) is 26.8 Å². The van der Waals surface area contributed by atoms with Gasteiger partial charge in [-0.25, -0.2) is 0 Å². The summed E-state index contributed by atoms with van der Waals surface area (Å²) < 4.78 is 17.2. The summed E-state index contributed by atoms with van der Waals surface area (Å²) in [4.78, 5) is 2.38. The van der Waals surface area contributed by atoms with Crippen molar-refractivity contribution < 1.29 is 13.9 Å². The smallest absolute Gasteiger partial charge is 0.247 e. The van der Waals surface area contributed by atoms with Gasteiger partial charge in [-0.3, -0.25) is 4.90 Å². The first-order valence-electron chi connectivity index (χ1n) is 10.7. The molecule has 3 aromatic carbocycles. The summed E-state index contributed by atoms with van der Waals surface area (Å²) in [6, 6.07) is 24.6. The van der Waals surface area contributed by atoms with E-state index >= 15 is 0 Å². The number of aromatic nitrogens is 2. The van der Waals surface area contributed by atoms with E-state index in [-0.39, 0.29) is 6.04 Å². The van der Waals surface area contributed by atoms with Gasteiger partial charge in [-0.15, -0.1) is 10.2 Å². The molecule has 2 heterocycles. The average molecular weight is 428 g/mol. The van der Waals surface area contributed by atoms with Gasteiger partial charge in [-0.2, -0.15) is 0 Å². The molecule has 32 heavy (non-hydrogen) atoms. The Kier molecular flexibility index (Phi) is 5.60. The van der Waals surface area contributed by atoms with Gasteiger partial charge >= 0.3 is 0 Å². The van der Waals surface area contributed by atoms with Crippen LogP contribution in [0.1, 0.15) is 28.6 Å². The molecule has 5 rings (SSSR count). The van der Waals surface area contributed by atoms with Gasteiger partial charge in [0.2, 0.25) is 11.8 Å². The molecule has 0 saturated heterocycles. The summed E-state index contributed by atoms with van der Waals surface area (Å²) in [7, 11) is 3.35. The molecule has 0 spiro atoms. The van der Waals surface area contributed by atoms with Gasteiger partial charge in [0.15, 0.2) is 11.5 Å². The van der Waals surface area contributed by atoms with E-state index in [9.17, 15) is 0 Å². The quantitative estimate of drug-likeness (QED) is 0.436. The van der Waals surface area contributed by atoms with Crippen molar-refractivity contribution in [3.63, 3.8) is 0 Å². The molecule has 0 fully saturated rings. The molecular formula is C26H25N3O3. The van der Waals surface area contributed by atoms with Crippen molar-refractivity contribution in [3.8, 4) is 23.0 Å². The number of nitrogens with zero attached hydrogens (tertiary/aromatic N) is 3. The van der Waals surface area contributed by atoms with Crippen LogP contribution in [0.5, 0.6) is 11.5 Å². The molecule has 0 N–H and O–H groups in total. The Bertz CT molecular complexity index is 1190. The zero-order chi connectivity index (χ0) is 21.9. The number of benzene rings is 3. The van der Waals surface area contributed by atoms with Crippen LogP contribution >= 0.6 is 0 Å². The largest absolute Gasteiger partial charge is 0.493 e. The molecule has 6 nitrogen and oxygen atoms in total. The molecule has 1 aliphatic heterocycles. The van der Waals surface area contributed by atoms with Crippen LogP contribution in [0.25, 0.3) is 11.5 Å². The van der Waals surface area contributed by atoms with E-state index in [0.717, 1.165) is 30.0 Å². The normalized spacial score (nSPS) is 15.9. The minimum Gasteiger partial charge on any atom is -0.493 e. The molecule has 0 radical (unpaired) electrons. The predicted octanol–water partition coefficient (Wildman–Crippen LogP) is 4.90. The molecule has 0 bridgehead atoms. The SMILES string of the molecule is COc1cc2c(cc1OC)C(c1ccccc1)N(Cc1nnc(-c3ccccc3)o1)CC2. The Morgan fingerprint density at radius 1 is 0.906 bits per heavy atom. The van der Waals surface area contributed by atoms with E-state index in [2.05, 4.69) is 51.5 Å².